The summed E-state index contributed by atoms with van der Waals surface area (Å²) in [5, 5.41) is 0. The molecular weight excluding hydrogens is 188 g/mol. The van der Waals surface area contributed by atoms with Gasteiger partial charge in [0, 0.05) is 25.2 Å². The zero-order valence-corrected chi connectivity index (χ0v) is 9.45. The molecule has 0 aromatic rings. The number of hydrogen-bond acceptors (Lipinski definition) is 3. The largest absolute Gasteiger partial charge is 0.379 e. The van der Waals surface area contributed by atoms with E-state index in [4.69, 9.17) is 10.5 Å². The van der Waals surface area contributed by atoms with Gasteiger partial charge in [0.1, 0.15) is 0 Å². The third-order valence-corrected chi connectivity index (χ3v) is 2.74. The van der Waals surface area contributed by atoms with Gasteiger partial charge in [0.2, 0.25) is 0 Å². The highest BCUT2D eigenvalue weighted by Gasteiger charge is 2.25. The SMILES string of the molecule is C=CCC(N)(CC=C)CN1CCOCC1. The van der Waals surface area contributed by atoms with Gasteiger partial charge in [-0.3, -0.25) is 4.90 Å². The third kappa shape index (κ3) is 4.16. The lowest BCUT2D eigenvalue weighted by molar-refractivity contribution is 0.0278. The van der Waals surface area contributed by atoms with Gasteiger partial charge in [-0.1, -0.05) is 12.2 Å². The summed E-state index contributed by atoms with van der Waals surface area (Å²) in [7, 11) is 0. The van der Waals surface area contributed by atoms with Gasteiger partial charge in [-0.05, 0) is 12.8 Å². The molecule has 1 saturated heterocycles. The fourth-order valence-corrected chi connectivity index (χ4v) is 1.99. The quantitative estimate of drug-likeness (QED) is 0.669. The van der Waals surface area contributed by atoms with Crippen LogP contribution in [0.3, 0.4) is 0 Å². The van der Waals surface area contributed by atoms with E-state index in [2.05, 4.69) is 18.1 Å². The predicted octanol–water partition coefficient (Wildman–Crippen LogP) is 1.17. The van der Waals surface area contributed by atoms with E-state index in [1.807, 2.05) is 12.2 Å². The average Bonchev–Trinajstić information content (AvgIpc) is 2.19. The second-order valence-corrected chi connectivity index (χ2v) is 4.24. The lowest BCUT2D eigenvalue weighted by Gasteiger charge is -2.36. The smallest absolute Gasteiger partial charge is 0.0594 e. The van der Waals surface area contributed by atoms with E-state index in [9.17, 15) is 0 Å². The van der Waals surface area contributed by atoms with Crippen molar-refractivity contribution in [3.63, 3.8) is 0 Å². The zero-order chi connectivity index (χ0) is 11.1. The molecule has 15 heavy (non-hydrogen) atoms. The maximum atomic E-state index is 6.32. The van der Waals surface area contributed by atoms with Crippen LogP contribution in [0.5, 0.6) is 0 Å². The van der Waals surface area contributed by atoms with Crippen molar-refractivity contribution in [2.45, 2.75) is 18.4 Å². The van der Waals surface area contributed by atoms with Crippen LogP contribution < -0.4 is 5.73 Å². The minimum Gasteiger partial charge on any atom is -0.379 e. The number of hydrogen-bond donors (Lipinski definition) is 1. The van der Waals surface area contributed by atoms with Gasteiger partial charge in [-0.2, -0.15) is 0 Å². The van der Waals surface area contributed by atoms with E-state index in [1.165, 1.54) is 0 Å². The molecule has 0 aromatic heterocycles. The van der Waals surface area contributed by atoms with Crippen LogP contribution in [-0.2, 0) is 4.74 Å². The van der Waals surface area contributed by atoms with Gasteiger partial charge in [-0.15, -0.1) is 13.2 Å². The second-order valence-electron chi connectivity index (χ2n) is 4.24. The normalized spacial score (nSPS) is 18.7. The van der Waals surface area contributed by atoms with Crippen molar-refractivity contribution in [2.75, 3.05) is 32.8 Å². The summed E-state index contributed by atoms with van der Waals surface area (Å²) < 4.78 is 5.31. The van der Waals surface area contributed by atoms with E-state index in [1.54, 1.807) is 0 Å². The highest BCUT2D eigenvalue weighted by molar-refractivity contribution is 4.98. The Morgan fingerprint density at radius 1 is 1.20 bits per heavy atom. The molecule has 0 bridgehead atoms. The first-order chi connectivity index (χ1) is 7.20. The van der Waals surface area contributed by atoms with Crippen LogP contribution in [0.4, 0.5) is 0 Å². The first kappa shape index (κ1) is 12.4. The topological polar surface area (TPSA) is 38.5 Å². The Balaban J connectivity index is 2.47. The van der Waals surface area contributed by atoms with Crippen LogP contribution in [0.15, 0.2) is 25.3 Å². The molecule has 1 fully saturated rings. The lowest BCUT2D eigenvalue weighted by Crippen LogP contribution is -2.52. The highest BCUT2D eigenvalue weighted by Crippen LogP contribution is 2.16. The van der Waals surface area contributed by atoms with Crippen LogP contribution in [-0.4, -0.2) is 43.3 Å². The molecule has 3 nitrogen and oxygen atoms in total. The fourth-order valence-electron chi connectivity index (χ4n) is 1.99. The Morgan fingerprint density at radius 2 is 1.73 bits per heavy atom. The van der Waals surface area contributed by atoms with Crippen molar-refractivity contribution < 1.29 is 4.74 Å². The standard InChI is InChI=1S/C12H22N2O/c1-3-5-12(13,6-4-2)11-14-7-9-15-10-8-14/h3-4H,1-2,5-11,13H2. The molecule has 3 heteroatoms. The molecule has 0 unspecified atom stereocenters. The molecule has 1 aliphatic heterocycles. The molecule has 0 saturated carbocycles. The van der Waals surface area contributed by atoms with Crippen molar-refractivity contribution in [3.05, 3.63) is 25.3 Å². The van der Waals surface area contributed by atoms with E-state index >= 15 is 0 Å². The molecule has 2 N–H and O–H groups in total. The molecule has 0 atom stereocenters. The summed E-state index contributed by atoms with van der Waals surface area (Å²) in [5.41, 5.74) is 6.12. The van der Waals surface area contributed by atoms with Gasteiger partial charge in [0.15, 0.2) is 0 Å². The van der Waals surface area contributed by atoms with Crippen molar-refractivity contribution in [3.8, 4) is 0 Å². The van der Waals surface area contributed by atoms with Gasteiger partial charge in [-0.25, -0.2) is 0 Å². The minimum absolute atomic E-state index is 0.207. The van der Waals surface area contributed by atoms with Crippen LogP contribution in [0.25, 0.3) is 0 Å². The van der Waals surface area contributed by atoms with Crippen molar-refractivity contribution in [1.82, 2.24) is 4.90 Å². The van der Waals surface area contributed by atoms with E-state index < -0.39 is 0 Å². The second kappa shape index (κ2) is 6.05. The Hall–Kier alpha value is -0.640. The first-order valence-corrected chi connectivity index (χ1v) is 5.51. The molecule has 1 heterocycles. The van der Waals surface area contributed by atoms with E-state index in [0.717, 1.165) is 45.7 Å². The maximum absolute atomic E-state index is 6.32. The van der Waals surface area contributed by atoms with Gasteiger partial charge >= 0.3 is 0 Å². The maximum Gasteiger partial charge on any atom is 0.0594 e. The van der Waals surface area contributed by atoms with Crippen LogP contribution in [0.2, 0.25) is 0 Å². The fraction of sp³-hybridized carbons (Fsp3) is 0.667. The van der Waals surface area contributed by atoms with Crippen molar-refractivity contribution >= 4 is 0 Å². The molecule has 0 aromatic carbocycles. The van der Waals surface area contributed by atoms with Gasteiger partial charge in [0.25, 0.3) is 0 Å². The van der Waals surface area contributed by atoms with E-state index in [-0.39, 0.29) is 5.54 Å². The number of rotatable bonds is 6. The Bertz CT molecular complexity index is 200. The van der Waals surface area contributed by atoms with Crippen LogP contribution >= 0.6 is 0 Å². The number of morpholine rings is 1. The number of nitrogens with zero attached hydrogens (tertiary/aromatic N) is 1. The lowest BCUT2D eigenvalue weighted by atomic mass is 9.91. The molecule has 0 aliphatic carbocycles. The molecule has 0 radical (unpaired) electrons. The highest BCUT2D eigenvalue weighted by atomic mass is 16.5. The molecule has 1 rings (SSSR count). The Morgan fingerprint density at radius 3 is 2.20 bits per heavy atom. The monoisotopic (exact) mass is 210 g/mol. The summed E-state index contributed by atoms with van der Waals surface area (Å²) >= 11 is 0. The van der Waals surface area contributed by atoms with E-state index in [0.29, 0.717) is 0 Å². The van der Waals surface area contributed by atoms with Crippen LogP contribution in [0.1, 0.15) is 12.8 Å². The summed E-state index contributed by atoms with van der Waals surface area (Å²) in [6, 6.07) is 0. The number of nitrogens with two attached hydrogens (primary N) is 1. The minimum atomic E-state index is -0.207. The molecule has 0 amide bonds. The zero-order valence-electron chi connectivity index (χ0n) is 9.45. The van der Waals surface area contributed by atoms with Gasteiger partial charge < -0.3 is 10.5 Å². The summed E-state index contributed by atoms with van der Waals surface area (Å²) in [6.07, 6.45) is 5.45. The average molecular weight is 210 g/mol. The summed E-state index contributed by atoms with van der Waals surface area (Å²) in [6.45, 7) is 12.0. The third-order valence-electron chi connectivity index (χ3n) is 2.74. The molecular formula is C12H22N2O. The predicted molar refractivity (Wildman–Crippen MR) is 63.8 cm³/mol. The van der Waals surface area contributed by atoms with Gasteiger partial charge in [0.05, 0.1) is 13.2 Å². The molecule has 86 valence electrons. The number of ether oxygens (including phenoxy) is 1. The molecule has 0 spiro atoms. The van der Waals surface area contributed by atoms with Crippen molar-refractivity contribution in [1.29, 1.82) is 0 Å². The summed E-state index contributed by atoms with van der Waals surface area (Å²) in [5.74, 6) is 0. The summed E-state index contributed by atoms with van der Waals surface area (Å²) in [4.78, 5) is 2.36. The van der Waals surface area contributed by atoms with Crippen molar-refractivity contribution in [2.24, 2.45) is 5.73 Å². The van der Waals surface area contributed by atoms with Crippen LogP contribution in [0, 0.1) is 0 Å². The molecule has 1 aliphatic rings. The Labute approximate surface area is 92.6 Å². The first-order valence-electron chi connectivity index (χ1n) is 5.51. The Kier molecular flexibility index (Phi) is 5.02.